The number of rotatable bonds is 5. The molecule has 0 aliphatic rings. The van der Waals surface area contributed by atoms with Gasteiger partial charge in [-0.05, 0) is 48.5 Å². The van der Waals surface area contributed by atoms with E-state index >= 15 is 0 Å². The first-order valence-electron chi connectivity index (χ1n) is 8.84. The Morgan fingerprint density at radius 2 is 1.72 bits per heavy atom. The standard InChI is InChI=1S/C21H17N5O3/c1-22-19(27)13-8-10-16(11-9-13)23-21-24-18-7-3-6-17(26(18)25-21)14-4-2-5-15(12-14)20(28)29/h2-12H,1H3,(H,22,27)(H,23,25)(H,28,29). The SMILES string of the molecule is CNC(=O)c1ccc(Nc2nc3cccc(-c4cccc(C(=O)O)c4)n3n2)cc1. The Morgan fingerprint density at radius 3 is 2.45 bits per heavy atom. The van der Waals surface area contributed by atoms with Crippen molar-refractivity contribution in [2.24, 2.45) is 0 Å². The minimum Gasteiger partial charge on any atom is -0.478 e. The zero-order chi connectivity index (χ0) is 20.4. The lowest BCUT2D eigenvalue weighted by atomic mass is 10.1. The molecule has 0 bridgehead atoms. The lowest BCUT2D eigenvalue weighted by Gasteiger charge is -2.05. The van der Waals surface area contributed by atoms with Gasteiger partial charge in [0.05, 0.1) is 11.3 Å². The molecule has 1 amide bonds. The maximum Gasteiger partial charge on any atom is 0.335 e. The van der Waals surface area contributed by atoms with Crippen LogP contribution in [-0.4, -0.2) is 38.6 Å². The van der Waals surface area contributed by atoms with Crippen molar-refractivity contribution in [1.29, 1.82) is 0 Å². The average Bonchev–Trinajstić information content (AvgIpc) is 3.16. The number of amides is 1. The van der Waals surface area contributed by atoms with E-state index in [2.05, 4.69) is 20.7 Å². The molecule has 4 rings (SSSR count). The summed E-state index contributed by atoms with van der Waals surface area (Å²) in [7, 11) is 1.58. The van der Waals surface area contributed by atoms with Crippen molar-refractivity contribution < 1.29 is 14.7 Å². The van der Waals surface area contributed by atoms with Crippen LogP contribution in [0.2, 0.25) is 0 Å². The van der Waals surface area contributed by atoms with Gasteiger partial charge in [0.2, 0.25) is 5.95 Å². The molecule has 4 aromatic rings. The van der Waals surface area contributed by atoms with Crippen LogP contribution in [0.25, 0.3) is 16.9 Å². The van der Waals surface area contributed by atoms with Gasteiger partial charge in [0.25, 0.3) is 5.91 Å². The molecule has 0 aliphatic heterocycles. The van der Waals surface area contributed by atoms with E-state index in [1.807, 2.05) is 24.3 Å². The van der Waals surface area contributed by atoms with E-state index < -0.39 is 5.97 Å². The molecule has 0 atom stereocenters. The summed E-state index contributed by atoms with van der Waals surface area (Å²) in [5.74, 6) is -0.754. The summed E-state index contributed by atoms with van der Waals surface area (Å²) >= 11 is 0. The maximum atomic E-state index is 11.6. The monoisotopic (exact) mass is 387 g/mol. The summed E-state index contributed by atoms with van der Waals surface area (Å²) in [6, 6.07) is 19.1. The number of hydrogen-bond acceptors (Lipinski definition) is 5. The first-order valence-corrected chi connectivity index (χ1v) is 8.84. The van der Waals surface area contributed by atoms with E-state index in [9.17, 15) is 14.7 Å². The van der Waals surface area contributed by atoms with E-state index in [-0.39, 0.29) is 11.5 Å². The summed E-state index contributed by atoms with van der Waals surface area (Å²) in [5.41, 5.74) is 3.56. The Hall–Kier alpha value is -4.20. The largest absolute Gasteiger partial charge is 0.478 e. The van der Waals surface area contributed by atoms with Crippen molar-refractivity contribution >= 4 is 29.2 Å². The number of carboxylic acids is 1. The number of fused-ring (bicyclic) bond motifs is 1. The zero-order valence-corrected chi connectivity index (χ0v) is 15.5. The first-order chi connectivity index (χ1) is 14.0. The van der Waals surface area contributed by atoms with Gasteiger partial charge in [0.1, 0.15) is 0 Å². The van der Waals surface area contributed by atoms with Crippen LogP contribution in [0.4, 0.5) is 11.6 Å². The molecule has 0 spiro atoms. The van der Waals surface area contributed by atoms with E-state index in [0.29, 0.717) is 17.2 Å². The number of aromatic carboxylic acids is 1. The highest BCUT2D eigenvalue weighted by molar-refractivity contribution is 5.94. The van der Waals surface area contributed by atoms with Crippen LogP contribution in [0.5, 0.6) is 0 Å². The second-order valence-electron chi connectivity index (χ2n) is 6.28. The van der Waals surface area contributed by atoms with Gasteiger partial charge >= 0.3 is 5.97 Å². The normalized spacial score (nSPS) is 10.7. The molecule has 3 N–H and O–H groups in total. The minimum atomic E-state index is -0.986. The van der Waals surface area contributed by atoms with E-state index in [0.717, 1.165) is 16.9 Å². The number of carbonyl (C=O) groups is 2. The quantitative estimate of drug-likeness (QED) is 0.485. The number of benzene rings is 2. The van der Waals surface area contributed by atoms with Crippen LogP contribution >= 0.6 is 0 Å². The third kappa shape index (κ3) is 3.63. The van der Waals surface area contributed by atoms with Crippen LogP contribution in [-0.2, 0) is 0 Å². The van der Waals surface area contributed by atoms with E-state index in [4.69, 9.17) is 0 Å². The Kier molecular flexibility index (Phi) is 4.66. The molecule has 2 aromatic carbocycles. The Balaban J connectivity index is 1.67. The number of hydrogen-bond donors (Lipinski definition) is 3. The number of carboxylic acid groups (broad SMARTS) is 1. The van der Waals surface area contributed by atoms with Crippen LogP contribution in [0.3, 0.4) is 0 Å². The minimum absolute atomic E-state index is 0.157. The number of anilines is 2. The molecule has 0 saturated carbocycles. The molecule has 2 aromatic heterocycles. The van der Waals surface area contributed by atoms with Crippen LogP contribution < -0.4 is 10.6 Å². The lowest BCUT2D eigenvalue weighted by Crippen LogP contribution is -2.17. The molecular formula is C21H17N5O3. The Bertz CT molecular complexity index is 1210. The lowest BCUT2D eigenvalue weighted by molar-refractivity contribution is 0.0696. The van der Waals surface area contributed by atoms with Gasteiger partial charge in [-0.2, -0.15) is 4.98 Å². The molecule has 0 saturated heterocycles. The van der Waals surface area contributed by atoms with Crippen molar-refractivity contribution in [1.82, 2.24) is 19.9 Å². The molecule has 29 heavy (non-hydrogen) atoms. The number of carbonyl (C=O) groups excluding carboxylic acids is 1. The van der Waals surface area contributed by atoms with Crippen LogP contribution in [0.1, 0.15) is 20.7 Å². The van der Waals surface area contributed by atoms with Crippen molar-refractivity contribution in [3.05, 3.63) is 77.9 Å². The van der Waals surface area contributed by atoms with Gasteiger partial charge in [-0.3, -0.25) is 4.79 Å². The highest BCUT2D eigenvalue weighted by atomic mass is 16.4. The third-order valence-electron chi connectivity index (χ3n) is 4.40. The van der Waals surface area contributed by atoms with Crippen molar-refractivity contribution in [2.45, 2.75) is 0 Å². The fraction of sp³-hybridized carbons (Fsp3) is 0.0476. The van der Waals surface area contributed by atoms with Gasteiger partial charge in [-0.15, -0.1) is 5.10 Å². The van der Waals surface area contributed by atoms with Crippen molar-refractivity contribution in [2.75, 3.05) is 12.4 Å². The van der Waals surface area contributed by atoms with E-state index in [1.54, 1.807) is 54.0 Å². The Labute approximate surface area is 165 Å². The van der Waals surface area contributed by atoms with Crippen molar-refractivity contribution in [3.8, 4) is 11.3 Å². The molecule has 0 fully saturated rings. The van der Waals surface area contributed by atoms with Gasteiger partial charge in [0, 0.05) is 23.9 Å². The van der Waals surface area contributed by atoms with Crippen LogP contribution in [0, 0.1) is 0 Å². The number of aromatic nitrogens is 3. The third-order valence-corrected chi connectivity index (χ3v) is 4.40. The molecular weight excluding hydrogens is 370 g/mol. The molecule has 0 aliphatic carbocycles. The smallest absolute Gasteiger partial charge is 0.335 e. The summed E-state index contributed by atoms with van der Waals surface area (Å²) in [6.07, 6.45) is 0. The summed E-state index contributed by atoms with van der Waals surface area (Å²) in [4.78, 5) is 27.4. The predicted octanol–water partition coefficient (Wildman–Crippen LogP) is 3.20. The molecule has 0 unspecified atom stereocenters. The summed E-state index contributed by atoms with van der Waals surface area (Å²) < 4.78 is 1.65. The average molecular weight is 387 g/mol. The van der Waals surface area contributed by atoms with Gasteiger partial charge in [-0.25, -0.2) is 9.31 Å². The molecule has 144 valence electrons. The molecule has 0 radical (unpaired) electrons. The topological polar surface area (TPSA) is 109 Å². The van der Waals surface area contributed by atoms with Gasteiger partial charge < -0.3 is 15.7 Å². The van der Waals surface area contributed by atoms with Crippen LogP contribution in [0.15, 0.2) is 66.7 Å². The summed E-state index contributed by atoms with van der Waals surface area (Å²) in [6.45, 7) is 0. The van der Waals surface area contributed by atoms with Gasteiger partial charge in [0.15, 0.2) is 5.65 Å². The second-order valence-corrected chi connectivity index (χ2v) is 6.28. The number of pyridine rings is 1. The number of nitrogens with zero attached hydrogens (tertiary/aromatic N) is 3. The summed E-state index contributed by atoms with van der Waals surface area (Å²) in [5, 5.41) is 19.4. The Morgan fingerprint density at radius 1 is 0.966 bits per heavy atom. The molecule has 8 heteroatoms. The number of nitrogens with one attached hydrogen (secondary N) is 2. The maximum absolute atomic E-state index is 11.6. The zero-order valence-electron chi connectivity index (χ0n) is 15.5. The first kappa shape index (κ1) is 18.2. The fourth-order valence-electron chi connectivity index (χ4n) is 2.97. The van der Waals surface area contributed by atoms with Crippen molar-refractivity contribution in [3.63, 3.8) is 0 Å². The second kappa shape index (κ2) is 7.43. The molecule has 2 heterocycles. The van der Waals surface area contributed by atoms with Gasteiger partial charge in [-0.1, -0.05) is 18.2 Å². The van der Waals surface area contributed by atoms with E-state index in [1.165, 1.54) is 0 Å². The molecule has 8 nitrogen and oxygen atoms in total. The highest BCUT2D eigenvalue weighted by Crippen LogP contribution is 2.23. The highest BCUT2D eigenvalue weighted by Gasteiger charge is 2.11. The predicted molar refractivity (Wildman–Crippen MR) is 108 cm³/mol. The fourth-order valence-corrected chi connectivity index (χ4v) is 2.97.